The molecule has 0 heterocycles. The minimum atomic E-state index is -0.656. The van der Waals surface area contributed by atoms with Gasteiger partial charge in [0.05, 0.1) is 0 Å². The lowest BCUT2D eigenvalue weighted by atomic mass is 9.89. The quantitative estimate of drug-likeness (QED) is 0.129. The Morgan fingerprint density at radius 2 is 1.04 bits per heavy atom. The van der Waals surface area contributed by atoms with Crippen molar-refractivity contribution in [2.24, 2.45) is 5.92 Å². The van der Waals surface area contributed by atoms with Crippen molar-refractivity contribution in [1.82, 2.24) is 0 Å². The average molecular weight is 462 g/mol. The maximum absolute atomic E-state index is 10.6. The largest absolute Gasteiger partial charge is 0.481 e. The van der Waals surface area contributed by atoms with Crippen molar-refractivity contribution in [1.29, 1.82) is 0 Å². The molecule has 3 heteroatoms. The third-order valence-electron chi connectivity index (χ3n) is 5.99. The van der Waals surface area contributed by atoms with E-state index in [1.165, 1.54) is 109 Å². The molecule has 0 saturated carbocycles. The molecule has 28 heavy (non-hydrogen) atoms. The van der Waals surface area contributed by atoms with Crippen LogP contribution in [0.25, 0.3) is 0 Å². The number of halogens is 1. The monoisotopic (exact) mass is 460 g/mol. The number of hydrogen-bond acceptors (Lipinski definition) is 1. The fraction of sp³-hybridized carbons (Fsp3) is 0.960. The second-order valence-electron chi connectivity index (χ2n) is 8.74. The second-order valence-corrected chi connectivity index (χ2v) is 9.91. The molecule has 2 nitrogen and oxygen atoms in total. The number of aliphatic carboxylic acids is 1. The molecule has 1 N–H and O–H groups in total. The molecule has 0 aliphatic heterocycles. The number of carbonyl (C=O) groups is 1. The summed E-state index contributed by atoms with van der Waals surface area (Å²) in [6.07, 6.45) is 25.3. The number of unbranched alkanes of at least 4 members (excludes halogenated alkanes) is 13. The molecule has 0 amide bonds. The minimum absolute atomic E-state index is 0.330. The van der Waals surface area contributed by atoms with Gasteiger partial charge in [-0.25, -0.2) is 0 Å². The first-order valence-electron chi connectivity index (χ1n) is 12.5. The minimum Gasteiger partial charge on any atom is -0.481 e. The Morgan fingerprint density at radius 1 is 0.643 bits per heavy atom. The van der Waals surface area contributed by atoms with Gasteiger partial charge in [0, 0.05) is 11.2 Å². The molecule has 0 bridgehead atoms. The average Bonchev–Trinajstić information content (AvgIpc) is 2.67. The van der Waals surface area contributed by atoms with Crippen molar-refractivity contribution in [2.75, 3.05) is 0 Å². The lowest BCUT2D eigenvalue weighted by Gasteiger charge is -2.23. The van der Waals surface area contributed by atoms with E-state index in [2.05, 4.69) is 29.8 Å². The molecule has 0 saturated heterocycles. The summed E-state index contributed by atoms with van der Waals surface area (Å²) in [7, 11) is 0. The number of alkyl halides is 1. The van der Waals surface area contributed by atoms with Crippen LogP contribution in [0.1, 0.15) is 142 Å². The molecule has 0 aliphatic carbocycles. The van der Waals surface area contributed by atoms with E-state index in [1.807, 2.05) is 0 Å². The van der Waals surface area contributed by atoms with Gasteiger partial charge in [-0.2, -0.15) is 0 Å². The van der Waals surface area contributed by atoms with Gasteiger partial charge >= 0.3 is 5.97 Å². The van der Waals surface area contributed by atoms with Crippen molar-refractivity contribution in [2.45, 2.75) is 147 Å². The first-order valence-corrected chi connectivity index (χ1v) is 13.4. The summed E-state index contributed by atoms with van der Waals surface area (Å²) in [5.41, 5.74) is 0. The fourth-order valence-corrected chi connectivity index (χ4v) is 4.94. The van der Waals surface area contributed by atoms with Gasteiger partial charge in [-0.05, 0) is 31.6 Å². The highest BCUT2D eigenvalue weighted by atomic mass is 79.9. The van der Waals surface area contributed by atoms with E-state index in [0.717, 1.165) is 18.8 Å². The Labute approximate surface area is 184 Å². The molecule has 0 spiro atoms. The SMILES string of the molecule is CCCCCCCCC(CCCCCCCC)C(Br)CCCCCCC(=O)O. The molecule has 168 valence electrons. The summed E-state index contributed by atoms with van der Waals surface area (Å²) < 4.78 is 0. The summed E-state index contributed by atoms with van der Waals surface area (Å²) >= 11 is 4.03. The molecular formula is C25H49BrO2. The van der Waals surface area contributed by atoms with E-state index in [-0.39, 0.29) is 0 Å². The van der Waals surface area contributed by atoms with Crippen LogP contribution in [0.3, 0.4) is 0 Å². The number of rotatable bonds is 22. The molecular weight excluding hydrogens is 412 g/mol. The Morgan fingerprint density at radius 3 is 1.50 bits per heavy atom. The zero-order valence-corrected chi connectivity index (χ0v) is 20.6. The Bertz CT molecular complexity index is 317. The number of carboxylic acid groups (broad SMARTS) is 1. The molecule has 0 aliphatic rings. The topological polar surface area (TPSA) is 37.3 Å². The van der Waals surface area contributed by atoms with Crippen molar-refractivity contribution in [3.05, 3.63) is 0 Å². The smallest absolute Gasteiger partial charge is 0.303 e. The summed E-state index contributed by atoms with van der Waals surface area (Å²) in [6, 6.07) is 0. The van der Waals surface area contributed by atoms with Crippen LogP contribution in [0.15, 0.2) is 0 Å². The van der Waals surface area contributed by atoms with E-state index in [4.69, 9.17) is 5.11 Å². The predicted molar refractivity (Wildman–Crippen MR) is 128 cm³/mol. The summed E-state index contributed by atoms with van der Waals surface area (Å²) in [5, 5.41) is 8.72. The first kappa shape index (κ1) is 27.9. The Hall–Kier alpha value is -0.0500. The van der Waals surface area contributed by atoms with Crippen LogP contribution in [-0.4, -0.2) is 15.9 Å². The van der Waals surface area contributed by atoms with Gasteiger partial charge < -0.3 is 5.11 Å². The molecule has 0 aromatic carbocycles. The van der Waals surface area contributed by atoms with Crippen LogP contribution in [0.2, 0.25) is 0 Å². The first-order chi connectivity index (χ1) is 13.6. The van der Waals surface area contributed by atoms with Crippen molar-refractivity contribution in [3.63, 3.8) is 0 Å². The number of hydrogen-bond donors (Lipinski definition) is 1. The van der Waals surface area contributed by atoms with Crippen molar-refractivity contribution >= 4 is 21.9 Å². The zero-order chi connectivity index (χ0) is 20.9. The van der Waals surface area contributed by atoms with Crippen LogP contribution in [0.4, 0.5) is 0 Å². The normalized spacial score (nSPS) is 12.6. The molecule has 0 aromatic rings. The highest BCUT2D eigenvalue weighted by molar-refractivity contribution is 9.09. The lowest BCUT2D eigenvalue weighted by Crippen LogP contribution is -2.15. The van der Waals surface area contributed by atoms with E-state index < -0.39 is 5.97 Å². The van der Waals surface area contributed by atoms with Crippen molar-refractivity contribution in [3.8, 4) is 0 Å². The molecule has 0 fully saturated rings. The number of carboxylic acids is 1. The highest BCUT2D eigenvalue weighted by Crippen LogP contribution is 2.30. The molecule has 1 unspecified atom stereocenters. The van der Waals surface area contributed by atoms with Crippen LogP contribution < -0.4 is 0 Å². The van der Waals surface area contributed by atoms with Crippen molar-refractivity contribution < 1.29 is 9.90 Å². The van der Waals surface area contributed by atoms with Crippen LogP contribution in [-0.2, 0) is 4.79 Å². The van der Waals surface area contributed by atoms with Crippen LogP contribution >= 0.6 is 15.9 Å². The van der Waals surface area contributed by atoms with E-state index in [1.54, 1.807) is 0 Å². The van der Waals surface area contributed by atoms with Gasteiger partial charge in [0.25, 0.3) is 0 Å². The maximum atomic E-state index is 10.6. The van der Waals surface area contributed by atoms with E-state index >= 15 is 0 Å². The fourth-order valence-electron chi connectivity index (χ4n) is 4.08. The molecule has 0 radical (unpaired) electrons. The second kappa shape index (κ2) is 21.7. The predicted octanol–water partition coefficient (Wildman–Crippen LogP) is 9.29. The summed E-state index contributed by atoms with van der Waals surface area (Å²) in [5.74, 6) is 0.174. The Kier molecular flexibility index (Phi) is 21.6. The molecule has 1 atom stereocenters. The van der Waals surface area contributed by atoms with E-state index in [0.29, 0.717) is 11.2 Å². The van der Waals surface area contributed by atoms with Gasteiger partial charge in [0.1, 0.15) is 0 Å². The third-order valence-corrected chi connectivity index (χ3v) is 7.19. The van der Waals surface area contributed by atoms with Crippen LogP contribution in [0, 0.1) is 5.92 Å². The van der Waals surface area contributed by atoms with Gasteiger partial charge in [0.2, 0.25) is 0 Å². The summed E-state index contributed by atoms with van der Waals surface area (Å²) in [6.45, 7) is 4.57. The van der Waals surface area contributed by atoms with E-state index in [9.17, 15) is 4.79 Å². The third kappa shape index (κ3) is 19.3. The summed E-state index contributed by atoms with van der Waals surface area (Å²) in [4.78, 5) is 11.2. The van der Waals surface area contributed by atoms with Gasteiger partial charge in [-0.15, -0.1) is 0 Å². The lowest BCUT2D eigenvalue weighted by molar-refractivity contribution is -0.137. The molecule has 0 aromatic heterocycles. The standard InChI is InChI=1S/C25H49BrO2/c1-3-5-7-9-11-15-19-23(20-16-12-10-8-6-4-2)24(26)21-17-13-14-18-22-25(27)28/h23-24H,3-22H2,1-2H3,(H,27,28). The van der Waals surface area contributed by atoms with Gasteiger partial charge in [-0.3, -0.25) is 4.79 Å². The zero-order valence-electron chi connectivity index (χ0n) is 19.0. The van der Waals surface area contributed by atoms with Gasteiger partial charge in [0.15, 0.2) is 0 Å². The molecule has 0 rings (SSSR count). The Balaban J connectivity index is 4.04. The maximum Gasteiger partial charge on any atom is 0.303 e. The van der Waals surface area contributed by atoms with Crippen LogP contribution in [0.5, 0.6) is 0 Å². The highest BCUT2D eigenvalue weighted by Gasteiger charge is 2.18. The van der Waals surface area contributed by atoms with Gasteiger partial charge in [-0.1, -0.05) is 126 Å².